The standard InChI is InChI=1S/C18H29N5O2.HI/c1-4-20-18(21-10-9-13(2)3)23-11-14-5-7-15(8-6-14)17(25)22-12-16(19)24;/h5-8,13H,4,9-12H2,1-3H3,(H2,19,24)(H,22,25)(H2,20,21,23);1H. The Labute approximate surface area is 172 Å². The van der Waals surface area contributed by atoms with E-state index in [0.29, 0.717) is 18.0 Å². The van der Waals surface area contributed by atoms with Crippen molar-refractivity contribution in [3.8, 4) is 0 Å². The van der Waals surface area contributed by atoms with Gasteiger partial charge in [-0.1, -0.05) is 26.0 Å². The molecule has 0 radical (unpaired) electrons. The Morgan fingerprint density at radius 1 is 1.12 bits per heavy atom. The van der Waals surface area contributed by atoms with Crippen LogP contribution in [0.15, 0.2) is 29.3 Å². The van der Waals surface area contributed by atoms with E-state index in [-0.39, 0.29) is 36.4 Å². The van der Waals surface area contributed by atoms with Crippen LogP contribution in [-0.2, 0) is 11.3 Å². The lowest BCUT2D eigenvalue weighted by molar-refractivity contribution is -0.117. The van der Waals surface area contributed by atoms with Gasteiger partial charge in [-0.25, -0.2) is 4.99 Å². The summed E-state index contributed by atoms with van der Waals surface area (Å²) in [5.41, 5.74) is 6.48. The molecule has 26 heavy (non-hydrogen) atoms. The average Bonchev–Trinajstić information content (AvgIpc) is 2.57. The summed E-state index contributed by atoms with van der Waals surface area (Å²) in [6.07, 6.45) is 1.08. The van der Waals surface area contributed by atoms with Crippen molar-refractivity contribution in [3.05, 3.63) is 35.4 Å². The highest BCUT2D eigenvalue weighted by atomic mass is 127. The van der Waals surface area contributed by atoms with E-state index in [1.807, 2.05) is 19.1 Å². The van der Waals surface area contributed by atoms with Crippen LogP contribution in [0.4, 0.5) is 0 Å². The first-order valence-electron chi connectivity index (χ1n) is 8.60. The highest BCUT2D eigenvalue weighted by Gasteiger charge is 2.06. The van der Waals surface area contributed by atoms with Crippen molar-refractivity contribution in [2.24, 2.45) is 16.6 Å². The number of nitrogens with zero attached hydrogens (tertiary/aromatic N) is 1. The SMILES string of the molecule is CCNC(=NCc1ccc(C(=O)NCC(N)=O)cc1)NCCC(C)C.I. The third kappa shape index (κ3) is 10.2. The number of carbonyl (C=O) groups excluding carboxylic acids is 2. The third-order valence-corrected chi connectivity index (χ3v) is 3.42. The number of benzene rings is 1. The molecule has 5 N–H and O–H groups in total. The second-order valence-electron chi connectivity index (χ2n) is 6.15. The highest BCUT2D eigenvalue weighted by molar-refractivity contribution is 14.0. The molecule has 0 saturated carbocycles. The second kappa shape index (κ2) is 13.4. The lowest BCUT2D eigenvalue weighted by Gasteiger charge is -2.12. The number of rotatable bonds is 9. The number of nitrogens with two attached hydrogens (primary N) is 1. The molecule has 0 unspecified atom stereocenters. The lowest BCUT2D eigenvalue weighted by Crippen LogP contribution is -2.38. The van der Waals surface area contributed by atoms with Crippen LogP contribution in [-0.4, -0.2) is 37.4 Å². The Hall–Kier alpha value is -1.84. The lowest BCUT2D eigenvalue weighted by atomic mass is 10.1. The Morgan fingerprint density at radius 2 is 1.77 bits per heavy atom. The van der Waals surface area contributed by atoms with E-state index in [9.17, 15) is 9.59 Å². The Balaban J connectivity index is 0.00000625. The molecule has 2 amide bonds. The Bertz CT molecular complexity index is 588. The second-order valence-corrected chi connectivity index (χ2v) is 6.15. The molecule has 1 aromatic carbocycles. The van der Waals surface area contributed by atoms with Crippen LogP contribution >= 0.6 is 24.0 Å². The fourth-order valence-corrected chi connectivity index (χ4v) is 2.02. The predicted molar refractivity (Wildman–Crippen MR) is 116 cm³/mol. The highest BCUT2D eigenvalue weighted by Crippen LogP contribution is 2.06. The van der Waals surface area contributed by atoms with E-state index in [0.717, 1.165) is 31.0 Å². The summed E-state index contributed by atoms with van der Waals surface area (Å²) in [5.74, 6) is 0.535. The maximum Gasteiger partial charge on any atom is 0.251 e. The van der Waals surface area contributed by atoms with Gasteiger partial charge in [0.15, 0.2) is 5.96 Å². The van der Waals surface area contributed by atoms with E-state index >= 15 is 0 Å². The first-order chi connectivity index (χ1) is 11.9. The topological polar surface area (TPSA) is 109 Å². The number of amides is 2. The quantitative estimate of drug-likeness (QED) is 0.247. The van der Waals surface area contributed by atoms with Crippen molar-refractivity contribution in [3.63, 3.8) is 0 Å². The van der Waals surface area contributed by atoms with Crippen LogP contribution in [0.25, 0.3) is 0 Å². The van der Waals surface area contributed by atoms with E-state index in [4.69, 9.17) is 5.73 Å². The van der Waals surface area contributed by atoms with Crippen molar-refractivity contribution < 1.29 is 9.59 Å². The zero-order valence-electron chi connectivity index (χ0n) is 15.7. The monoisotopic (exact) mass is 475 g/mol. The fraction of sp³-hybridized carbons (Fsp3) is 0.500. The summed E-state index contributed by atoms with van der Waals surface area (Å²) in [5, 5.41) is 8.98. The molecule has 0 saturated heterocycles. The largest absolute Gasteiger partial charge is 0.368 e. The molecular weight excluding hydrogens is 445 g/mol. The van der Waals surface area contributed by atoms with Crippen molar-refractivity contribution in [1.82, 2.24) is 16.0 Å². The summed E-state index contributed by atoms with van der Waals surface area (Å²) in [7, 11) is 0. The Kier molecular flexibility index (Phi) is 12.4. The van der Waals surface area contributed by atoms with Gasteiger partial charge < -0.3 is 21.7 Å². The van der Waals surface area contributed by atoms with Crippen LogP contribution in [0.3, 0.4) is 0 Å². The minimum Gasteiger partial charge on any atom is -0.368 e. The van der Waals surface area contributed by atoms with Crippen molar-refractivity contribution in [2.45, 2.75) is 33.7 Å². The summed E-state index contributed by atoms with van der Waals surface area (Å²) in [4.78, 5) is 27.1. The van der Waals surface area contributed by atoms with E-state index < -0.39 is 5.91 Å². The maximum atomic E-state index is 11.8. The molecule has 0 fully saturated rings. The average molecular weight is 475 g/mol. The van der Waals surface area contributed by atoms with Crippen molar-refractivity contribution in [1.29, 1.82) is 0 Å². The minimum atomic E-state index is -0.569. The molecule has 0 spiro atoms. The number of aliphatic imine (C=N–C) groups is 1. The molecule has 0 bridgehead atoms. The van der Waals surface area contributed by atoms with E-state index in [1.54, 1.807) is 12.1 Å². The first-order valence-corrected chi connectivity index (χ1v) is 8.60. The summed E-state index contributed by atoms with van der Waals surface area (Å²) < 4.78 is 0. The molecule has 1 rings (SSSR count). The number of hydrogen-bond donors (Lipinski definition) is 4. The van der Waals surface area contributed by atoms with Gasteiger partial charge in [-0.2, -0.15) is 0 Å². The Morgan fingerprint density at radius 3 is 2.31 bits per heavy atom. The summed E-state index contributed by atoms with van der Waals surface area (Å²) in [6.45, 7) is 8.42. The van der Waals surface area contributed by atoms with Gasteiger partial charge in [-0.05, 0) is 37.0 Å². The van der Waals surface area contributed by atoms with Gasteiger partial charge in [0.2, 0.25) is 5.91 Å². The molecule has 8 heteroatoms. The number of halogens is 1. The predicted octanol–water partition coefficient (Wildman–Crippen LogP) is 1.62. The molecule has 1 aromatic rings. The molecular formula is C18H30IN5O2. The molecule has 0 heterocycles. The van der Waals surface area contributed by atoms with Crippen LogP contribution in [0.1, 0.15) is 43.1 Å². The smallest absolute Gasteiger partial charge is 0.251 e. The normalized spacial score (nSPS) is 10.8. The number of primary amides is 1. The van der Waals surface area contributed by atoms with Gasteiger partial charge >= 0.3 is 0 Å². The van der Waals surface area contributed by atoms with Crippen molar-refractivity contribution in [2.75, 3.05) is 19.6 Å². The maximum absolute atomic E-state index is 11.8. The zero-order valence-corrected chi connectivity index (χ0v) is 18.0. The minimum absolute atomic E-state index is 0. The molecule has 146 valence electrons. The van der Waals surface area contributed by atoms with Gasteiger partial charge in [-0.15, -0.1) is 24.0 Å². The van der Waals surface area contributed by atoms with Gasteiger partial charge in [0, 0.05) is 18.7 Å². The summed E-state index contributed by atoms with van der Waals surface area (Å²) in [6, 6.07) is 7.11. The fourth-order valence-electron chi connectivity index (χ4n) is 2.02. The summed E-state index contributed by atoms with van der Waals surface area (Å²) >= 11 is 0. The molecule has 0 aliphatic heterocycles. The zero-order chi connectivity index (χ0) is 18.7. The third-order valence-electron chi connectivity index (χ3n) is 3.42. The first kappa shape index (κ1) is 24.2. The molecule has 7 nitrogen and oxygen atoms in total. The molecule has 0 aliphatic rings. The van der Waals surface area contributed by atoms with Crippen molar-refractivity contribution >= 4 is 41.8 Å². The number of nitrogens with one attached hydrogen (secondary N) is 3. The van der Waals surface area contributed by atoms with E-state index in [2.05, 4.69) is 34.8 Å². The van der Waals surface area contributed by atoms with Crippen LogP contribution < -0.4 is 21.7 Å². The van der Waals surface area contributed by atoms with Gasteiger partial charge in [0.05, 0.1) is 13.1 Å². The number of carbonyl (C=O) groups is 2. The van der Waals surface area contributed by atoms with Gasteiger partial charge in [0.25, 0.3) is 5.91 Å². The molecule has 0 aliphatic carbocycles. The van der Waals surface area contributed by atoms with Crippen LogP contribution in [0.2, 0.25) is 0 Å². The van der Waals surface area contributed by atoms with Gasteiger partial charge in [0.1, 0.15) is 0 Å². The molecule has 0 atom stereocenters. The van der Waals surface area contributed by atoms with Crippen LogP contribution in [0.5, 0.6) is 0 Å². The molecule has 0 aromatic heterocycles. The van der Waals surface area contributed by atoms with Gasteiger partial charge in [-0.3, -0.25) is 9.59 Å². The van der Waals surface area contributed by atoms with Crippen LogP contribution in [0, 0.1) is 5.92 Å². The number of hydrogen-bond acceptors (Lipinski definition) is 3. The van der Waals surface area contributed by atoms with E-state index in [1.165, 1.54) is 0 Å². The number of guanidine groups is 1.